The van der Waals surface area contributed by atoms with E-state index in [9.17, 15) is 28.5 Å². The summed E-state index contributed by atoms with van der Waals surface area (Å²) in [5.74, 6) is -0.130. The summed E-state index contributed by atoms with van der Waals surface area (Å²) in [5, 5.41) is 9.92. The van der Waals surface area contributed by atoms with Gasteiger partial charge in [-0.15, -0.1) is 0 Å². The molecule has 20 heteroatoms. The lowest BCUT2D eigenvalue weighted by molar-refractivity contribution is -0.134. The molecular weight excluding hydrogens is 673 g/mol. The number of esters is 1. The first kappa shape index (κ1) is 42.9. The van der Waals surface area contributed by atoms with E-state index in [0.717, 1.165) is 26.4 Å². The van der Waals surface area contributed by atoms with Gasteiger partial charge in [0.2, 0.25) is 0 Å². The standard InChI is InChI=1S/C29H48N5O14P/c1-20-15-22(19-45-28(38)30-12-8-6-7-9-14-34-48-49(40,41)44-5)16-21(2)25(20)47-24(35)11-10-13-31-29(39)46-23(17-32-26(36)42-3)18-33-27(37)43-4/h15-16,23,34H,6-14,17-19H2,1-5H3,(H,30,38)(H,31,39)(H,32,36)(H,33,37)(H,40,41). The minimum Gasteiger partial charge on any atom is -0.453 e. The molecule has 0 aromatic heterocycles. The molecule has 19 nitrogen and oxygen atoms in total. The maximum atomic E-state index is 12.5. The Labute approximate surface area is 284 Å². The second-order valence-electron chi connectivity index (χ2n) is 10.4. The number of nitrogens with one attached hydrogen (secondary N) is 5. The molecule has 1 unspecified atom stereocenters. The van der Waals surface area contributed by atoms with E-state index in [1.54, 1.807) is 26.0 Å². The highest BCUT2D eigenvalue weighted by atomic mass is 31.2. The number of benzene rings is 1. The summed E-state index contributed by atoms with van der Waals surface area (Å²) in [6.07, 6.45) is -0.519. The fraction of sp³-hybridized carbons (Fsp3) is 0.621. The number of rotatable bonds is 22. The predicted octanol–water partition coefficient (Wildman–Crippen LogP) is 2.85. The summed E-state index contributed by atoms with van der Waals surface area (Å²) < 4.78 is 44.9. The fourth-order valence-corrected chi connectivity index (χ4v) is 4.32. The number of unbranched alkanes of at least 4 members (excludes halogenated alkanes) is 3. The third kappa shape index (κ3) is 20.1. The average Bonchev–Trinajstić information content (AvgIpc) is 3.07. The first-order chi connectivity index (χ1) is 23.3. The van der Waals surface area contributed by atoms with Crippen LogP contribution in [0.2, 0.25) is 0 Å². The second-order valence-corrected chi connectivity index (χ2v) is 11.9. The molecule has 0 saturated heterocycles. The molecular formula is C29H48N5O14P. The maximum absolute atomic E-state index is 12.5. The van der Waals surface area contributed by atoms with Crippen molar-refractivity contribution in [2.75, 3.05) is 54.1 Å². The first-order valence-electron chi connectivity index (χ1n) is 15.4. The van der Waals surface area contributed by atoms with Crippen molar-refractivity contribution in [2.45, 2.75) is 65.1 Å². The van der Waals surface area contributed by atoms with E-state index in [0.29, 0.717) is 42.0 Å². The van der Waals surface area contributed by atoms with Crippen molar-refractivity contribution in [3.8, 4) is 5.75 Å². The van der Waals surface area contributed by atoms with Crippen LogP contribution in [-0.2, 0) is 44.1 Å². The van der Waals surface area contributed by atoms with Gasteiger partial charge in [-0.25, -0.2) is 23.7 Å². The van der Waals surface area contributed by atoms with Crippen molar-refractivity contribution >= 4 is 38.2 Å². The van der Waals surface area contributed by atoms with Crippen LogP contribution in [0, 0.1) is 13.8 Å². The minimum absolute atomic E-state index is 0.00595. The van der Waals surface area contributed by atoms with Crippen LogP contribution >= 0.6 is 7.82 Å². The molecule has 4 amide bonds. The molecule has 49 heavy (non-hydrogen) atoms. The molecule has 278 valence electrons. The number of methoxy groups -OCH3 is 2. The van der Waals surface area contributed by atoms with Gasteiger partial charge in [0.15, 0.2) is 0 Å². The van der Waals surface area contributed by atoms with E-state index in [1.807, 2.05) is 0 Å². The van der Waals surface area contributed by atoms with Gasteiger partial charge in [0, 0.05) is 33.2 Å². The van der Waals surface area contributed by atoms with Crippen molar-refractivity contribution in [3.63, 3.8) is 0 Å². The van der Waals surface area contributed by atoms with Crippen molar-refractivity contribution in [2.24, 2.45) is 0 Å². The molecule has 0 fully saturated rings. The Bertz CT molecular complexity index is 1220. The van der Waals surface area contributed by atoms with E-state index < -0.39 is 44.3 Å². The number of amides is 4. The van der Waals surface area contributed by atoms with Crippen LogP contribution in [-0.4, -0.2) is 95.4 Å². The van der Waals surface area contributed by atoms with Gasteiger partial charge in [-0.2, -0.15) is 10.1 Å². The lowest BCUT2D eigenvalue weighted by Crippen LogP contribution is -2.44. The normalized spacial score (nSPS) is 11.9. The molecule has 6 N–H and O–H groups in total. The van der Waals surface area contributed by atoms with Gasteiger partial charge in [-0.1, -0.05) is 12.8 Å². The molecule has 1 aromatic rings. The zero-order chi connectivity index (χ0) is 36.7. The zero-order valence-corrected chi connectivity index (χ0v) is 29.3. The number of ether oxygens (including phenoxy) is 5. The smallest absolute Gasteiger partial charge is 0.453 e. The Morgan fingerprint density at radius 3 is 1.88 bits per heavy atom. The SMILES string of the molecule is COC(=O)NCC(CNC(=O)OC)OC(=O)NCCCC(=O)Oc1c(C)cc(COC(=O)NCCCCCCNOP(=O)(O)OC)cc1C. The van der Waals surface area contributed by atoms with Crippen LogP contribution in [0.5, 0.6) is 5.75 Å². The lowest BCUT2D eigenvalue weighted by atomic mass is 10.1. The fourth-order valence-electron chi connectivity index (χ4n) is 3.99. The Balaban J connectivity index is 2.35. The Morgan fingerprint density at radius 2 is 1.31 bits per heavy atom. The number of hydroxylamine groups is 1. The second kappa shape index (κ2) is 24.0. The average molecular weight is 722 g/mol. The predicted molar refractivity (Wildman–Crippen MR) is 172 cm³/mol. The monoisotopic (exact) mass is 721 g/mol. The molecule has 0 aliphatic rings. The topological polar surface area (TPSA) is 247 Å². The van der Waals surface area contributed by atoms with E-state index in [2.05, 4.69) is 45.4 Å². The number of carbonyl (C=O) groups excluding carboxylic acids is 5. The molecule has 0 radical (unpaired) electrons. The number of alkyl carbamates (subject to hydrolysis) is 4. The molecule has 0 heterocycles. The molecule has 0 aliphatic heterocycles. The summed E-state index contributed by atoms with van der Waals surface area (Å²) in [4.78, 5) is 68.5. The first-order valence-corrected chi connectivity index (χ1v) is 16.9. The molecule has 0 saturated carbocycles. The zero-order valence-electron chi connectivity index (χ0n) is 28.4. The molecule has 1 aromatic carbocycles. The lowest BCUT2D eigenvalue weighted by Gasteiger charge is -2.18. The van der Waals surface area contributed by atoms with Crippen LogP contribution < -0.4 is 31.5 Å². The summed E-state index contributed by atoms with van der Waals surface area (Å²) in [5.41, 5.74) is 4.43. The van der Waals surface area contributed by atoms with Gasteiger partial charge in [0.25, 0.3) is 0 Å². The number of aryl methyl sites for hydroxylation is 2. The van der Waals surface area contributed by atoms with E-state index in [-0.39, 0.29) is 39.1 Å². The van der Waals surface area contributed by atoms with Crippen LogP contribution in [0.1, 0.15) is 55.2 Å². The van der Waals surface area contributed by atoms with Crippen molar-refractivity contribution in [1.29, 1.82) is 0 Å². The number of phosphoric acid groups is 1. The van der Waals surface area contributed by atoms with E-state index in [4.69, 9.17) is 19.1 Å². The molecule has 0 bridgehead atoms. The van der Waals surface area contributed by atoms with Crippen LogP contribution in [0.15, 0.2) is 12.1 Å². The van der Waals surface area contributed by atoms with Crippen LogP contribution in [0.25, 0.3) is 0 Å². The number of hydrogen-bond donors (Lipinski definition) is 6. The summed E-state index contributed by atoms with van der Waals surface area (Å²) in [6.45, 7) is 4.15. The molecule has 1 atom stereocenters. The van der Waals surface area contributed by atoms with Crippen molar-refractivity contribution < 1.29 is 66.3 Å². The summed E-state index contributed by atoms with van der Waals surface area (Å²) in [6, 6.07) is 3.50. The van der Waals surface area contributed by atoms with Gasteiger partial charge in [-0.3, -0.25) is 9.32 Å². The molecule has 0 aliphatic carbocycles. The van der Waals surface area contributed by atoms with Gasteiger partial charge in [-0.05, 0) is 61.9 Å². The Morgan fingerprint density at radius 1 is 0.755 bits per heavy atom. The number of carbonyl (C=O) groups is 5. The highest BCUT2D eigenvalue weighted by Crippen LogP contribution is 2.40. The third-order valence-electron chi connectivity index (χ3n) is 6.41. The van der Waals surface area contributed by atoms with Gasteiger partial charge in [0.1, 0.15) is 18.5 Å². The molecule has 1 rings (SSSR count). The van der Waals surface area contributed by atoms with Gasteiger partial charge < -0.3 is 49.8 Å². The third-order valence-corrected chi connectivity index (χ3v) is 7.23. The Hall–Kier alpha value is -4.16. The van der Waals surface area contributed by atoms with E-state index in [1.165, 1.54) is 14.2 Å². The number of hydrogen-bond acceptors (Lipinski definition) is 14. The largest absolute Gasteiger partial charge is 0.488 e. The summed E-state index contributed by atoms with van der Waals surface area (Å²) >= 11 is 0. The minimum atomic E-state index is -4.04. The van der Waals surface area contributed by atoms with Gasteiger partial charge >= 0.3 is 38.2 Å². The van der Waals surface area contributed by atoms with Crippen LogP contribution in [0.4, 0.5) is 19.2 Å². The van der Waals surface area contributed by atoms with Crippen LogP contribution in [0.3, 0.4) is 0 Å². The highest BCUT2D eigenvalue weighted by molar-refractivity contribution is 7.47. The number of phosphoric ester groups is 1. The van der Waals surface area contributed by atoms with E-state index >= 15 is 0 Å². The Kier molecular flexibility index (Phi) is 21.0. The van der Waals surface area contributed by atoms with Crippen molar-refractivity contribution in [1.82, 2.24) is 26.7 Å². The maximum Gasteiger partial charge on any atom is 0.488 e. The molecule has 0 spiro atoms. The highest BCUT2D eigenvalue weighted by Gasteiger charge is 2.19. The van der Waals surface area contributed by atoms with Crippen molar-refractivity contribution in [3.05, 3.63) is 28.8 Å². The quantitative estimate of drug-likeness (QED) is 0.0252. The summed E-state index contributed by atoms with van der Waals surface area (Å²) in [7, 11) is -0.624. The van der Waals surface area contributed by atoms with Gasteiger partial charge in [0.05, 0.1) is 27.3 Å².